The number of fused-ring (bicyclic) bond motifs is 1. The van der Waals surface area contributed by atoms with Gasteiger partial charge in [-0.05, 0) is 62.0 Å². The highest BCUT2D eigenvalue weighted by atomic mass is 16.3. The number of benzene rings is 2. The summed E-state index contributed by atoms with van der Waals surface area (Å²) in [6.45, 7) is 7.86. The van der Waals surface area contributed by atoms with Crippen molar-refractivity contribution in [2.24, 2.45) is 5.92 Å². The SMILES string of the molecule is CC(C)c1nc2ccc(C(=O)NCCN3CCC(Cc4ccccc4)CC3)cc2o1. The Morgan fingerprint density at radius 3 is 2.67 bits per heavy atom. The van der Waals surface area contributed by atoms with Gasteiger partial charge in [-0.2, -0.15) is 0 Å². The lowest BCUT2D eigenvalue weighted by molar-refractivity contribution is 0.0944. The van der Waals surface area contributed by atoms with E-state index in [9.17, 15) is 4.79 Å². The molecule has 0 radical (unpaired) electrons. The van der Waals surface area contributed by atoms with Gasteiger partial charge in [0.05, 0.1) is 0 Å². The molecular formula is C25H31N3O2. The molecule has 2 aromatic carbocycles. The predicted molar refractivity (Wildman–Crippen MR) is 120 cm³/mol. The summed E-state index contributed by atoms with van der Waals surface area (Å²) < 4.78 is 5.77. The van der Waals surface area contributed by atoms with Crippen molar-refractivity contribution in [2.75, 3.05) is 26.2 Å². The van der Waals surface area contributed by atoms with Gasteiger partial charge in [-0.3, -0.25) is 4.79 Å². The minimum Gasteiger partial charge on any atom is -0.440 e. The molecule has 0 bridgehead atoms. The molecule has 1 aliphatic heterocycles. The number of rotatable bonds is 7. The third kappa shape index (κ3) is 5.08. The third-order valence-electron chi connectivity index (χ3n) is 5.95. The summed E-state index contributed by atoms with van der Waals surface area (Å²) in [6, 6.07) is 16.2. The van der Waals surface area contributed by atoms with Crippen molar-refractivity contribution in [1.29, 1.82) is 0 Å². The quantitative estimate of drug-likeness (QED) is 0.622. The summed E-state index contributed by atoms with van der Waals surface area (Å²) in [7, 11) is 0. The molecule has 3 aromatic rings. The van der Waals surface area contributed by atoms with Crippen molar-refractivity contribution >= 4 is 17.0 Å². The van der Waals surface area contributed by atoms with Crippen LogP contribution in [0, 0.1) is 5.92 Å². The number of hydrogen-bond acceptors (Lipinski definition) is 4. The molecule has 1 fully saturated rings. The van der Waals surface area contributed by atoms with Gasteiger partial charge in [0.15, 0.2) is 11.5 Å². The lowest BCUT2D eigenvalue weighted by Gasteiger charge is -2.32. The lowest BCUT2D eigenvalue weighted by Crippen LogP contribution is -2.39. The van der Waals surface area contributed by atoms with E-state index < -0.39 is 0 Å². The molecule has 1 aliphatic rings. The number of nitrogens with one attached hydrogen (secondary N) is 1. The van der Waals surface area contributed by atoms with Crippen molar-refractivity contribution in [3.8, 4) is 0 Å². The fourth-order valence-corrected chi connectivity index (χ4v) is 4.12. The molecule has 30 heavy (non-hydrogen) atoms. The number of hydrogen-bond donors (Lipinski definition) is 1. The average Bonchev–Trinajstić information content (AvgIpc) is 3.19. The van der Waals surface area contributed by atoms with Crippen LogP contribution in [0.1, 0.15) is 54.4 Å². The summed E-state index contributed by atoms with van der Waals surface area (Å²) in [4.78, 5) is 19.5. The first-order valence-electron chi connectivity index (χ1n) is 11.0. The third-order valence-corrected chi connectivity index (χ3v) is 5.95. The fourth-order valence-electron chi connectivity index (χ4n) is 4.12. The maximum atomic E-state index is 12.5. The number of carbonyl (C=O) groups is 1. The van der Waals surface area contributed by atoms with E-state index in [-0.39, 0.29) is 11.8 Å². The van der Waals surface area contributed by atoms with Gasteiger partial charge in [0.1, 0.15) is 5.52 Å². The molecule has 1 N–H and O–H groups in total. The zero-order chi connectivity index (χ0) is 20.9. The van der Waals surface area contributed by atoms with Crippen LogP contribution in [0.5, 0.6) is 0 Å². The smallest absolute Gasteiger partial charge is 0.251 e. The summed E-state index contributed by atoms with van der Waals surface area (Å²) in [5.74, 6) is 1.64. The van der Waals surface area contributed by atoms with Crippen LogP contribution in [0.2, 0.25) is 0 Å². The van der Waals surface area contributed by atoms with Gasteiger partial charge >= 0.3 is 0 Å². The lowest BCUT2D eigenvalue weighted by atomic mass is 9.90. The molecular weight excluding hydrogens is 374 g/mol. The summed E-state index contributed by atoms with van der Waals surface area (Å²) in [5.41, 5.74) is 3.53. The Kier molecular flexibility index (Phi) is 6.48. The van der Waals surface area contributed by atoms with Crippen molar-refractivity contribution in [2.45, 2.75) is 39.0 Å². The molecule has 0 spiro atoms. The van der Waals surface area contributed by atoms with Gasteiger partial charge in [-0.15, -0.1) is 0 Å². The molecule has 0 aliphatic carbocycles. The first kappa shape index (κ1) is 20.6. The number of likely N-dealkylation sites (tertiary alicyclic amines) is 1. The number of aromatic nitrogens is 1. The van der Waals surface area contributed by atoms with E-state index in [0.29, 0.717) is 23.6 Å². The van der Waals surface area contributed by atoms with Gasteiger partial charge < -0.3 is 14.6 Å². The molecule has 0 unspecified atom stereocenters. The molecule has 1 amide bonds. The summed E-state index contributed by atoms with van der Waals surface area (Å²) >= 11 is 0. The van der Waals surface area contributed by atoms with Crippen molar-refractivity contribution in [3.05, 3.63) is 65.5 Å². The highest BCUT2D eigenvalue weighted by molar-refractivity contribution is 5.97. The van der Waals surface area contributed by atoms with E-state index in [1.807, 2.05) is 26.0 Å². The molecule has 4 rings (SSSR count). The van der Waals surface area contributed by atoms with Gasteiger partial charge in [-0.1, -0.05) is 44.2 Å². The summed E-state index contributed by atoms with van der Waals surface area (Å²) in [5, 5.41) is 3.05. The maximum Gasteiger partial charge on any atom is 0.251 e. The van der Waals surface area contributed by atoms with Crippen molar-refractivity contribution in [1.82, 2.24) is 15.2 Å². The Morgan fingerprint density at radius 1 is 1.17 bits per heavy atom. The molecule has 1 saturated heterocycles. The Labute approximate surface area is 178 Å². The molecule has 158 valence electrons. The van der Waals surface area contributed by atoms with Crippen LogP contribution >= 0.6 is 0 Å². The van der Waals surface area contributed by atoms with Crippen LogP contribution in [0.25, 0.3) is 11.1 Å². The number of carbonyl (C=O) groups excluding carboxylic acids is 1. The maximum absolute atomic E-state index is 12.5. The zero-order valence-electron chi connectivity index (χ0n) is 17.9. The van der Waals surface area contributed by atoms with Crippen LogP contribution < -0.4 is 5.32 Å². The zero-order valence-corrected chi connectivity index (χ0v) is 17.9. The molecule has 5 nitrogen and oxygen atoms in total. The topological polar surface area (TPSA) is 58.4 Å². The number of amides is 1. The van der Waals surface area contributed by atoms with Crippen LogP contribution in [-0.2, 0) is 6.42 Å². The van der Waals surface area contributed by atoms with Crippen LogP contribution in [-0.4, -0.2) is 42.0 Å². The molecule has 5 heteroatoms. The summed E-state index contributed by atoms with van der Waals surface area (Å²) in [6.07, 6.45) is 3.63. The monoisotopic (exact) mass is 405 g/mol. The average molecular weight is 406 g/mol. The molecule has 0 atom stereocenters. The highest BCUT2D eigenvalue weighted by Gasteiger charge is 2.19. The van der Waals surface area contributed by atoms with Crippen molar-refractivity contribution < 1.29 is 9.21 Å². The first-order valence-corrected chi connectivity index (χ1v) is 11.0. The largest absolute Gasteiger partial charge is 0.440 e. The van der Waals surface area contributed by atoms with Crippen LogP contribution in [0.3, 0.4) is 0 Å². The Morgan fingerprint density at radius 2 is 1.93 bits per heavy atom. The second-order valence-electron chi connectivity index (χ2n) is 8.62. The van der Waals surface area contributed by atoms with E-state index >= 15 is 0 Å². The second-order valence-corrected chi connectivity index (χ2v) is 8.62. The van der Waals surface area contributed by atoms with E-state index in [1.165, 1.54) is 24.8 Å². The minimum atomic E-state index is -0.0571. The predicted octanol–water partition coefficient (Wildman–Crippen LogP) is 4.64. The highest BCUT2D eigenvalue weighted by Crippen LogP contribution is 2.23. The van der Waals surface area contributed by atoms with Gasteiger partial charge in [0.25, 0.3) is 5.91 Å². The van der Waals surface area contributed by atoms with E-state index in [2.05, 4.69) is 45.5 Å². The Balaban J connectivity index is 1.22. The number of piperidine rings is 1. The first-order chi connectivity index (χ1) is 14.6. The van der Waals surface area contributed by atoms with E-state index in [1.54, 1.807) is 6.07 Å². The Hall–Kier alpha value is -2.66. The second kappa shape index (κ2) is 9.43. The van der Waals surface area contributed by atoms with E-state index in [0.717, 1.165) is 31.1 Å². The minimum absolute atomic E-state index is 0.0571. The van der Waals surface area contributed by atoms with Crippen LogP contribution in [0.15, 0.2) is 52.9 Å². The van der Waals surface area contributed by atoms with Gasteiger partial charge in [0.2, 0.25) is 0 Å². The van der Waals surface area contributed by atoms with Gasteiger partial charge in [0, 0.05) is 24.6 Å². The number of nitrogens with zero attached hydrogens (tertiary/aromatic N) is 2. The number of oxazole rings is 1. The normalized spacial score (nSPS) is 15.7. The standard InChI is InChI=1S/C25H31N3O2/c1-18(2)25-27-22-9-8-21(17-23(22)30-25)24(29)26-12-15-28-13-10-20(11-14-28)16-19-6-4-3-5-7-19/h3-9,17-18,20H,10-16H2,1-2H3,(H,26,29). The van der Waals surface area contributed by atoms with E-state index in [4.69, 9.17) is 4.42 Å². The molecule has 1 aromatic heterocycles. The van der Waals surface area contributed by atoms with Crippen molar-refractivity contribution in [3.63, 3.8) is 0 Å². The molecule has 0 saturated carbocycles. The fraction of sp³-hybridized carbons (Fsp3) is 0.440. The van der Waals surface area contributed by atoms with Gasteiger partial charge in [-0.25, -0.2) is 4.98 Å². The van der Waals surface area contributed by atoms with Crippen LogP contribution in [0.4, 0.5) is 0 Å². The molecule has 2 heterocycles. The Bertz CT molecular complexity index is 972.